The highest BCUT2D eigenvalue weighted by Crippen LogP contribution is 2.22. The lowest BCUT2D eigenvalue weighted by molar-refractivity contribution is 0.0737. The Balaban J connectivity index is 1.82. The summed E-state index contributed by atoms with van der Waals surface area (Å²) in [5, 5.41) is 3.09. The second-order valence-electron chi connectivity index (χ2n) is 6.49. The minimum Gasteiger partial charge on any atom is -0.334 e. The first kappa shape index (κ1) is 19.3. The van der Waals surface area contributed by atoms with Gasteiger partial charge in [-0.25, -0.2) is 12.8 Å². The number of hydrogen-bond donors (Lipinski definition) is 2. The lowest BCUT2D eigenvalue weighted by atomic mass is 10.1. The van der Waals surface area contributed by atoms with E-state index in [2.05, 4.69) is 10.0 Å². The van der Waals surface area contributed by atoms with Gasteiger partial charge in [-0.15, -0.1) is 0 Å². The van der Waals surface area contributed by atoms with E-state index in [-0.39, 0.29) is 22.5 Å². The summed E-state index contributed by atoms with van der Waals surface area (Å²) in [6.45, 7) is 1.37. The van der Waals surface area contributed by atoms with Crippen LogP contribution in [0.4, 0.5) is 10.1 Å². The van der Waals surface area contributed by atoms with Crippen molar-refractivity contribution in [3.05, 3.63) is 59.9 Å². The van der Waals surface area contributed by atoms with Crippen molar-refractivity contribution < 1.29 is 17.6 Å². The molecule has 2 aromatic rings. The third kappa shape index (κ3) is 4.45. The molecule has 1 amide bonds. The summed E-state index contributed by atoms with van der Waals surface area (Å²) in [4.78, 5) is 14.6. The van der Waals surface area contributed by atoms with Crippen molar-refractivity contribution in [2.24, 2.45) is 0 Å². The number of hydrogen-bond acceptors (Lipinski definition) is 4. The number of nitrogens with one attached hydrogen (secondary N) is 2. The average molecular weight is 391 g/mol. The summed E-state index contributed by atoms with van der Waals surface area (Å²) in [6.07, 6.45) is 1.86. The van der Waals surface area contributed by atoms with Crippen LogP contribution >= 0.6 is 0 Å². The van der Waals surface area contributed by atoms with Crippen LogP contribution in [0.15, 0.2) is 53.4 Å². The SMILES string of the molecule is CNCC1CCCN1C(=O)c1cccc(S(=O)(=O)Nc2ccc(F)cc2)c1. The van der Waals surface area contributed by atoms with Gasteiger partial charge in [0.25, 0.3) is 15.9 Å². The van der Waals surface area contributed by atoms with Crippen molar-refractivity contribution in [3.63, 3.8) is 0 Å². The minimum atomic E-state index is -3.89. The molecule has 0 aliphatic carbocycles. The first-order chi connectivity index (χ1) is 12.9. The van der Waals surface area contributed by atoms with Crippen molar-refractivity contribution in [1.82, 2.24) is 10.2 Å². The van der Waals surface area contributed by atoms with Crippen LogP contribution in [-0.2, 0) is 10.0 Å². The fraction of sp³-hybridized carbons (Fsp3) is 0.316. The highest BCUT2D eigenvalue weighted by Gasteiger charge is 2.29. The molecule has 0 saturated carbocycles. The van der Waals surface area contributed by atoms with E-state index in [1.807, 2.05) is 7.05 Å². The predicted molar refractivity (Wildman–Crippen MR) is 102 cm³/mol. The summed E-state index contributed by atoms with van der Waals surface area (Å²) in [5.41, 5.74) is 0.585. The zero-order valence-electron chi connectivity index (χ0n) is 15.0. The van der Waals surface area contributed by atoms with Gasteiger partial charge < -0.3 is 10.2 Å². The van der Waals surface area contributed by atoms with Gasteiger partial charge in [0.1, 0.15) is 5.82 Å². The van der Waals surface area contributed by atoms with Crippen LogP contribution in [0.2, 0.25) is 0 Å². The molecule has 1 saturated heterocycles. The van der Waals surface area contributed by atoms with Gasteiger partial charge in [0.15, 0.2) is 0 Å². The Hall–Kier alpha value is -2.45. The average Bonchev–Trinajstić information content (AvgIpc) is 3.11. The summed E-state index contributed by atoms with van der Waals surface area (Å²) in [5.74, 6) is -0.626. The Morgan fingerprint density at radius 3 is 2.67 bits per heavy atom. The summed E-state index contributed by atoms with van der Waals surface area (Å²) in [6, 6.07) is 11.1. The lowest BCUT2D eigenvalue weighted by Gasteiger charge is -2.24. The van der Waals surface area contributed by atoms with Crippen molar-refractivity contribution in [3.8, 4) is 0 Å². The molecule has 1 heterocycles. The number of likely N-dealkylation sites (tertiary alicyclic amines) is 1. The maximum Gasteiger partial charge on any atom is 0.261 e. The molecular weight excluding hydrogens is 369 g/mol. The standard InChI is InChI=1S/C19H22FN3O3S/c1-21-13-17-5-3-11-23(17)19(24)14-4-2-6-18(12-14)27(25,26)22-16-9-7-15(20)8-10-16/h2,4,6-10,12,17,21-22H,3,5,11,13H2,1H3. The number of nitrogens with zero attached hydrogens (tertiary/aromatic N) is 1. The number of benzene rings is 2. The number of amides is 1. The van der Waals surface area contributed by atoms with Crippen LogP contribution in [-0.4, -0.2) is 45.4 Å². The van der Waals surface area contributed by atoms with Crippen LogP contribution in [0.3, 0.4) is 0 Å². The second-order valence-corrected chi connectivity index (χ2v) is 8.17. The largest absolute Gasteiger partial charge is 0.334 e. The quantitative estimate of drug-likeness (QED) is 0.793. The molecule has 1 unspecified atom stereocenters. The molecule has 1 fully saturated rings. The smallest absolute Gasteiger partial charge is 0.261 e. The number of rotatable bonds is 6. The molecule has 2 N–H and O–H groups in total. The van der Waals surface area contributed by atoms with Gasteiger partial charge in [0, 0.05) is 30.4 Å². The fourth-order valence-corrected chi connectivity index (χ4v) is 4.35. The van der Waals surface area contributed by atoms with Gasteiger partial charge in [-0.05, 0) is 62.4 Å². The van der Waals surface area contributed by atoms with Gasteiger partial charge in [-0.2, -0.15) is 0 Å². The van der Waals surface area contributed by atoms with E-state index in [0.29, 0.717) is 18.7 Å². The number of carbonyl (C=O) groups excluding carboxylic acids is 1. The highest BCUT2D eigenvalue weighted by atomic mass is 32.2. The van der Waals surface area contributed by atoms with E-state index in [1.54, 1.807) is 17.0 Å². The highest BCUT2D eigenvalue weighted by molar-refractivity contribution is 7.92. The van der Waals surface area contributed by atoms with Crippen LogP contribution in [0.25, 0.3) is 0 Å². The molecule has 1 aliphatic heterocycles. The molecule has 6 nitrogen and oxygen atoms in total. The fourth-order valence-electron chi connectivity index (χ4n) is 3.25. The maximum absolute atomic E-state index is 13.0. The van der Waals surface area contributed by atoms with E-state index in [0.717, 1.165) is 12.8 Å². The van der Waals surface area contributed by atoms with E-state index in [1.165, 1.54) is 36.4 Å². The van der Waals surface area contributed by atoms with E-state index >= 15 is 0 Å². The molecule has 27 heavy (non-hydrogen) atoms. The molecule has 3 rings (SSSR count). The topological polar surface area (TPSA) is 78.5 Å². The van der Waals surface area contributed by atoms with Crippen molar-refractivity contribution in [2.75, 3.05) is 24.9 Å². The lowest BCUT2D eigenvalue weighted by Crippen LogP contribution is -2.40. The zero-order chi connectivity index (χ0) is 19.4. The number of anilines is 1. The first-order valence-electron chi connectivity index (χ1n) is 8.75. The minimum absolute atomic E-state index is 0.0120. The Morgan fingerprint density at radius 2 is 1.96 bits per heavy atom. The number of sulfonamides is 1. The van der Waals surface area contributed by atoms with E-state index in [4.69, 9.17) is 0 Å². The predicted octanol–water partition coefficient (Wildman–Crippen LogP) is 2.45. The number of carbonyl (C=O) groups is 1. The Morgan fingerprint density at radius 1 is 1.22 bits per heavy atom. The molecule has 0 radical (unpaired) electrons. The molecular formula is C19H22FN3O3S. The van der Waals surface area contributed by atoms with Crippen LogP contribution < -0.4 is 10.0 Å². The van der Waals surface area contributed by atoms with Crippen molar-refractivity contribution in [1.29, 1.82) is 0 Å². The van der Waals surface area contributed by atoms with Crippen molar-refractivity contribution in [2.45, 2.75) is 23.8 Å². The van der Waals surface area contributed by atoms with Gasteiger partial charge in [0.05, 0.1) is 4.90 Å². The molecule has 8 heteroatoms. The molecule has 0 bridgehead atoms. The number of likely N-dealkylation sites (N-methyl/N-ethyl adjacent to an activating group) is 1. The normalized spacial score (nSPS) is 17.1. The summed E-state index contributed by atoms with van der Waals surface area (Å²) in [7, 11) is -2.04. The first-order valence-corrected chi connectivity index (χ1v) is 10.2. The Bertz CT molecular complexity index is 916. The Kier molecular flexibility index (Phi) is 5.76. The van der Waals surface area contributed by atoms with Crippen LogP contribution in [0.1, 0.15) is 23.2 Å². The second kappa shape index (κ2) is 8.06. The molecule has 2 aromatic carbocycles. The summed E-state index contributed by atoms with van der Waals surface area (Å²) < 4.78 is 40.6. The third-order valence-corrected chi connectivity index (χ3v) is 5.94. The maximum atomic E-state index is 13.0. The molecule has 0 spiro atoms. The Labute approximate surface area is 158 Å². The monoisotopic (exact) mass is 391 g/mol. The van der Waals surface area contributed by atoms with Crippen LogP contribution in [0, 0.1) is 5.82 Å². The molecule has 1 aliphatic rings. The summed E-state index contributed by atoms with van der Waals surface area (Å²) >= 11 is 0. The number of halogens is 1. The van der Waals surface area contributed by atoms with Gasteiger partial charge >= 0.3 is 0 Å². The zero-order valence-corrected chi connectivity index (χ0v) is 15.8. The third-order valence-electron chi connectivity index (χ3n) is 4.57. The molecule has 1 atom stereocenters. The van der Waals surface area contributed by atoms with E-state index < -0.39 is 15.8 Å². The van der Waals surface area contributed by atoms with Gasteiger partial charge in [-0.3, -0.25) is 9.52 Å². The van der Waals surface area contributed by atoms with Gasteiger partial charge in [-0.1, -0.05) is 6.07 Å². The van der Waals surface area contributed by atoms with Crippen molar-refractivity contribution >= 4 is 21.6 Å². The van der Waals surface area contributed by atoms with Gasteiger partial charge in [0.2, 0.25) is 0 Å². The molecule has 0 aromatic heterocycles. The molecule has 144 valence electrons. The van der Waals surface area contributed by atoms with Crippen LogP contribution in [0.5, 0.6) is 0 Å². The van der Waals surface area contributed by atoms with E-state index in [9.17, 15) is 17.6 Å².